The summed E-state index contributed by atoms with van der Waals surface area (Å²) in [4.78, 5) is 40.5. The molecule has 0 fully saturated rings. The van der Waals surface area contributed by atoms with Gasteiger partial charge in [0.05, 0.1) is 0 Å². The molecular formula is C22H22N4O3S. The van der Waals surface area contributed by atoms with Crippen molar-refractivity contribution in [2.75, 3.05) is 10.6 Å². The van der Waals surface area contributed by atoms with Gasteiger partial charge in [-0.15, -0.1) is 11.3 Å². The highest BCUT2D eigenvalue weighted by Crippen LogP contribution is 2.20. The summed E-state index contributed by atoms with van der Waals surface area (Å²) >= 11 is 1.36. The zero-order valence-electron chi connectivity index (χ0n) is 16.9. The highest BCUT2D eigenvalue weighted by Gasteiger charge is 2.11. The van der Waals surface area contributed by atoms with E-state index in [2.05, 4.69) is 15.6 Å². The van der Waals surface area contributed by atoms with Crippen LogP contribution in [0.3, 0.4) is 0 Å². The molecule has 0 aliphatic rings. The van der Waals surface area contributed by atoms with Gasteiger partial charge < -0.3 is 15.2 Å². The average Bonchev–Trinajstić information content (AvgIpc) is 3.09. The number of thiazole rings is 1. The molecule has 3 aromatic rings. The molecule has 7 nitrogen and oxygen atoms in total. The summed E-state index contributed by atoms with van der Waals surface area (Å²) < 4.78 is 1.90. The number of hydrogen-bond donors (Lipinski definition) is 2. The SMILES string of the molecule is CC(=O)Nc1cc(NC(C)=O)cc(C(=O)N=c2sccn2Cc2ccc(C)cc2)c1. The first-order chi connectivity index (χ1) is 14.3. The first kappa shape index (κ1) is 21.2. The van der Waals surface area contributed by atoms with E-state index in [0.717, 1.165) is 5.56 Å². The van der Waals surface area contributed by atoms with Crippen LogP contribution in [0.15, 0.2) is 59.0 Å². The Bertz CT molecular complexity index is 1130. The van der Waals surface area contributed by atoms with E-state index in [1.165, 1.54) is 42.9 Å². The van der Waals surface area contributed by atoms with Crippen molar-refractivity contribution in [1.29, 1.82) is 0 Å². The van der Waals surface area contributed by atoms with E-state index in [0.29, 0.717) is 22.7 Å². The van der Waals surface area contributed by atoms with Crippen LogP contribution in [-0.2, 0) is 16.1 Å². The standard InChI is InChI=1S/C22H22N4O3S/c1-14-4-6-17(7-5-14)13-26-8-9-30-22(26)25-21(29)18-10-19(23-15(2)27)12-20(11-18)24-16(3)28/h4-12H,13H2,1-3H3,(H,23,27)(H,24,28). The Hall–Kier alpha value is -3.52. The fourth-order valence-electron chi connectivity index (χ4n) is 2.85. The number of carbonyl (C=O) groups excluding carboxylic acids is 3. The Labute approximate surface area is 178 Å². The second-order valence-electron chi connectivity index (χ2n) is 6.88. The molecule has 0 saturated heterocycles. The number of anilines is 2. The van der Waals surface area contributed by atoms with Gasteiger partial charge in [-0.25, -0.2) is 0 Å². The largest absolute Gasteiger partial charge is 0.326 e. The lowest BCUT2D eigenvalue weighted by atomic mass is 10.1. The second kappa shape index (κ2) is 9.32. The summed E-state index contributed by atoms with van der Waals surface area (Å²) in [5.41, 5.74) is 3.37. The summed E-state index contributed by atoms with van der Waals surface area (Å²) in [5, 5.41) is 7.14. The zero-order valence-corrected chi connectivity index (χ0v) is 17.7. The highest BCUT2D eigenvalue weighted by atomic mass is 32.1. The molecule has 0 aliphatic heterocycles. The Morgan fingerprint density at radius 1 is 0.967 bits per heavy atom. The topological polar surface area (TPSA) is 92.6 Å². The summed E-state index contributed by atoms with van der Waals surface area (Å²) in [7, 11) is 0. The predicted molar refractivity (Wildman–Crippen MR) is 118 cm³/mol. The third-order valence-corrected chi connectivity index (χ3v) is 4.95. The zero-order chi connectivity index (χ0) is 21.7. The molecule has 0 saturated carbocycles. The van der Waals surface area contributed by atoms with Gasteiger partial charge in [-0.05, 0) is 30.7 Å². The van der Waals surface area contributed by atoms with Crippen LogP contribution in [0.2, 0.25) is 0 Å². The number of aryl methyl sites for hydroxylation is 1. The van der Waals surface area contributed by atoms with Gasteiger partial charge in [0.2, 0.25) is 11.8 Å². The van der Waals surface area contributed by atoms with Crippen molar-refractivity contribution in [2.45, 2.75) is 27.3 Å². The normalized spacial score (nSPS) is 11.2. The number of nitrogens with one attached hydrogen (secondary N) is 2. The van der Waals surface area contributed by atoms with Gasteiger partial charge in [-0.3, -0.25) is 14.4 Å². The van der Waals surface area contributed by atoms with Gasteiger partial charge in [0, 0.05) is 48.9 Å². The summed E-state index contributed by atoms with van der Waals surface area (Å²) in [6, 6.07) is 12.8. The lowest BCUT2D eigenvalue weighted by Crippen LogP contribution is -2.17. The van der Waals surface area contributed by atoms with Crippen molar-refractivity contribution < 1.29 is 14.4 Å². The molecule has 2 N–H and O–H groups in total. The molecule has 0 radical (unpaired) electrons. The monoisotopic (exact) mass is 422 g/mol. The number of rotatable bonds is 5. The van der Waals surface area contributed by atoms with Crippen LogP contribution in [0.4, 0.5) is 11.4 Å². The van der Waals surface area contributed by atoms with Crippen LogP contribution in [0, 0.1) is 6.92 Å². The fourth-order valence-corrected chi connectivity index (χ4v) is 3.58. The predicted octanol–water partition coefficient (Wildman–Crippen LogP) is 3.56. The molecule has 154 valence electrons. The van der Waals surface area contributed by atoms with Crippen LogP contribution in [0.1, 0.15) is 35.3 Å². The summed E-state index contributed by atoms with van der Waals surface area (Å²) in [5.74, 6) is -1.02. The van der Waals surface area contributed by atoms with Gasteiger partial charge in [-0.1, -0.05) is 29.8 Å². The summed E-state index contributed by atoms with van der Waals surface area (Å²) in [6.45, 7) is 5.37. The molecule has 30 heavy (non-hydrogen) atoms. The molecule has 0 spiro atoms. The maximum Gasteiger partial charge on any atom is 0.279 e. The van der Waals surface area contributed by atoms with Crippen molar-refractivity contribution >= 4 is 40.4 Å². The molecule has 1 heterocycles. The molecule has 0 unspecified atom stereocenters. The lowest BCUT2D eigenvalue weighted by molar-refractivity contribution is -0.115. The average molecular weight is 423 g/mol. The van der Waals surface area contributed by atoms with E-state index in [4.69, 9.17) is 0 Å². The first-order valence-electron chi connectivity index (χ1n) is 9.29. The Morgan fingerprint density at radius 2 is 1.57 bits per heavy atom. The second-order valence-corrected chi connectivity index (χ2v) is 7.75. The van der Waals surface area contributed by atoms with E-state index in [-0.39, 0.29) is 17.4 Å². The number of hydrogen-bond acceptors (Lipinski definition) is 4. The minimum Gasteiger partial charge on any atom is -0.326 e. The smallest absolute Gasteiger partial charge is 0.279 e. The molecule has 3 amide bonds. The maximum atomic E-state index is 12.8. The van der Waals surface area contributed by atoms with Gasteiger partial charge in [-0.2, -0.15) is 4.99 Å². The van der Waals surface area contributed by atoms with Gasteiger partial charge in [0.25, 0.3) is 5.91 Å². The van der Waals surface area contributed by atoms with E-state index < -0.39 is 5.91 Å². The van der Waals surface area contributed by atoms with Crippen molar-refractivity contribution in [3.8, 4) is 0 Å². The quantitative estimate of drug-likeness (QED) is 0.658. The molecule has 8 heteroatoms. The van der Waals surface area contributed by atoms with Crippen molar-refractivity contribution in [2.24, 2.45) is 4.99 Å². The molecule has 0 bridgehead atoms. The molecule has 1 aromatic heterocycles. The van der Waals surface area contributed by atoms with Crippen molar-refractivity contribution in [3.05, 3.63) is 75.5 Å². The number of benzene rings is 2. The van der Waals surface area contributed by atoms with E-state index >= 15 is 0 Å². The van der Waals surface area contributed by atoms with Gasteiger partial charge >= 0.3 is 0 Å². The molecular weight excluding hydrogens is 400 g/mol. The summed E-state index contributed by atoms with van der Waals surface area (Å²) in [6.07, 6.45) is 1.88. The third kappa shape index (κ3) is 5.74. The number of nitrogens with zero attached hydrogens (tertiary/aromatic N) is 2. The molecule has 2 aromatic carbocycles. The van der Waals surface area contributed by atoms with Crippen LogP contribution in [0.5, 0.6) is 0 Å². The fraction of sp³-hybridized carbons (Fsp3) is 0.182. The van der Waals surface area contributed by atoms with Crippen LogP contribution >= 0.6 is 11.3 Å². The molecule has 0 atom stereocenters. The minimum absolute atomic E-state index is 0.264. The molecule has 3 rings (SSSR count). The van der Waals surface area contributed by atoms with Crippen LogP contribution in [0.25, 0.3) is 0 Å². The van der Waals surface area contributed by atoms with E-state index in [9.17, 15) is 14.4 Å². The number of aromatic nitrogens is 1. The van der Waals surface area contributed by atoms with E-state index in [1.807, 2.05) is 47.3 Å². The van der Waals surface area contributed by atoms with Crippen molar-refractivity contribution in [1.82, 2.24) is 4.57 Å². The Balaban J connectivity index is 1.92. The minimum atomic E-state index is -0.464. The highest BCUT2D eigenvalue weighted by molar-refractivity contribution is 7.07. The van der Waals surface area contributed by atoms with Gasteiger partial charge in [0.15, 0.2) is 4.80 Å². The van der Waals surface area contributed by atoms with Gasteiger partial charge in [0.1, 0.15) is 0 Å². The maximum absolute atomic E-state index is 12.8. The third-order valence-electron chi connectivity index (χ3n) is 4.15. The van der Waals surface area contributed by atoms with E-state index in [1.54, 1.807) is 6.07 Å². The first-order valence-corrected chi connectivity index (χ1v) is 10.2. The number of amides is 3. The lowest BCUT2D eigenvalue weighted by Gasteiger charge is -2.09. The van der Waals surface area contributed by atoms with Crippen molar-refractivity contribution in [3.63, 3.8) is 0 Å². The Kier molecular flexibility index (Phi) is 6.58. The Morgan fingerprint density at radius 3 is 2.13 bits per heavy atom. The molecule has 0 aliphatic carbocycles. The van der Waals surface area contributed by atoms with Crippen LogP contribution < -0.4 is 15.4 Å². The van der Waals surface area contributed by atoms with Crippen LogP contribution in [-0.4, -0.2) is 22.3 Å². The number of carbonyl (C=O) groups is 3.